The Hall–Kier alpha value is -0.980. The summed E-state index contributed by atoms with van der Waals surface area (Å²) in [5, 5.41) is 41.9. The molecule has 1 aliphatic rings. The minimum absolute atomic E-state index is 0.250. The molecular weight excluding hydrogens is 306 g/mol. The monoisotopic (exact) mass is 337 g/mol. The van der Waals surface area contributed by atoms with E-state index in [0.717, 1.165) is 32.1 Å². The van der Waals surface area contributed by atoms with Crippen molar-refractivity contribution >= 4 is 0 Å². The van der Waals surface area contributed by atoms with Crippen LogP contribution in [0.25, 0.3) is 0 Å². The number of benzene rings is 1. The van der Waals surface area contributed by atoms with Crippen LogP contribution in [0.2, 0.25) is 0 Å². The summed E-state index contributed by atoms with van der Waals surface area (Å²) in [7, 11) is 0. The lowest BCUT2D eigenvalue weighted by Crippen LogP contribution is -2.44. The van der Waals surface area contributed by atoms with Gasteiger partial charge in [-0.2, -0.15) is 0 Å². The van der Waals surface area contributed by atoms with Gasteiger partial charge in [-0.05, 0) is 31.7 Å². The molecule has 0 radical (unpaired) electrons. The van der Waals surface area contributed by atoms with Crippen molar-refractivity contribution in [2.24, 2.45) is 0 Å². The summed E-state index contributed by atoms with van der Waals surface area (Å²) in [6.07, 6.45) is 3.08. The van der Waals surface area contributed by atoms with E-state index in [4.69, 9.17) is 5.11 Å². The molecule has 1 heterocycles. The van der Waals surface area contributed by atoms with E-state index >= 15 is 0 Å². The minimum atomic E-state index is -1.03. The molecular formula is C19H31NO4. The topological polar surface area (TPSA) is 93.0 Å². The van der Waals surface area contributed by atoms with Gasteiger partial charge in [0.1, 0.15) is 0 Å². The van der Waals surface area contributed by atoms with Crippen molar-refractivity contribution in [2.75, 3.05) is 6.61 Å². The molecule has 2 rings (SSSR count). The molecule has 0 aromatic heterocycles. The zero-order valence-electron chi connectivity index (χ0n) is 14.4. The highest BCUT2D eigenvalue weighted by Crippen LogP contribution is 2.20. The lowest BCUT2D eigenvalue weighted by Gasteiger charge is -2.22. The molecule has 0 bridgehead atoms. The van der Waals surface area contributed by atoms with Crippen molar-refractivity contribution in [1.82, 2.24) is 5.32 Å². The van der Waals surface area contributed by atoms with Crippen LogP contribution in [0.5, 0.6) is 0 Å². The fourth-order valence-electron chi connectivity index (χ4n) is 3.36. The number of rotatable bonds is 9. The summed E-state index contributed by atoms with van der Waals surface area (Å²) < 4.78 is 0. The molecule has 1 aromatic carbocycles. The van der Waals surface area contributed by atoms with Crippen LogP contribution in [0.15, 0.2) is 24.3 Å². The highest BCUT2D eigenvalue weighted by molar-refractivity contribution is 5.21. The maximum atomic E-state index is 10.2. The second kappa shape index (κ2) is 9.49. The molecule has 5 nitrogen and oxygen atoms in total. The van der Waals surface area contributed by atoms with Gasteiger partial charge in [0.2, 0.25) is 0 Å². The lowest BCUT2D eigenvalue weighted by atomic mass is 9.98. The number of unbranched alkanes of at least 4 members (excludes halogenated alkanes) is 3. The summed E-state index contributed by atoms with van der Waals surface area (Å²) in [5.41, 5.74) is 2.65. The third-order valence-corrected chi connectivity index (χ3v) is 4.98. The minimum Gasteiger partial charge on any atom is -0.395 e. The fraction of sp³-hybridized carbons (Fsp3) is 0.684. The Morgan fingerprint density at radius 1 is 1.00 bits per heavy atom. The number of aliphatic hydroxyl groups excluding tert-OH is 4. The molecule has 0 spiro atoms. The molecule has 0 aliphatic carbocycles. The molecule has 0 saturated carbocycles. The lowest BCUT2D eigenvalue weighted by molar-refractivity contribution is -0.00443. The Kier molecular flexibility index (Phi) is 7.65. The normalized spacial score (nSPS) is 28.2. The van der Waals surface area contributed by atoms with Gasteiger partial charge in [0.05, 0.1) is 37.0 Å². The highest BCUT2D eigenvalue weighted by atomic mass is 16.3. The molecule has 5 atom stereocenters. The third-order valence-electron chi connectivity index (χ3n) is 4.98. The van der Waals surface area contributed by atoms with Gasteiger partial charge in [-0.1, -0.05) is 49.1 Å². The molecule has 136 valence electrons. The van der Waals surface area contributed by atoms with E-state index in [1.165, 1.54) is 11.1 Å². The standard InChI is InChI=1S/C19H31NO4/c1-13-8-10-14(11-9-13)6-4-2-3-5-7-16(22)17-19(24)18(23)15(12-21)20-17/h8-11,15-24H,2-7,12H2,1H3/t15-,16+,17-,18-,19-/m0/s1. The Balaban J connectivity index is 1.59. The van der Waals surface area contributed by atoms with Gasteiger partial charge >= 0.3 is 0 Å². The zero-order chi connectivity index (χ0) is 17.5. The molecule has 1 saturated heterocycles. The van der Waals surface area contributed by atoms with Crippen LogP contribution in [-0.4, -0.2) is 57.4 Å². The number of hydrogen-bond donors (Lipinski definition) is 5. The highest BCUT2D eigenvalue weighted by Gasteiger charge is 2.43. The average Bonchev–Trinajstić information content (AvgIpc) is 2.87. The van der Waals surface area contributed by atoms with Crippen molar-refractivity contribution in [1.29, 1.82) is 0 Å². The summed E-state index contributed by atoms with van der Waals surface area (Å²) in [5.74, 6) is 0. The third kappa shape index (κ3) is 5.26. The summed E-state index contributed by atoms with van der Waals surface area (Å²) in [4.78, 5) is 0. The van der Waals surface area contributed by atoms with Crippen LogP contribution in [0.1, 0.15) is 43.2 Å². The van der Waals surface area contributed by atoms with Gasteiger partial charge < -0.3 is 25.7 Å². The predicted octanol–water partition coefficient (Wildman–Crippen LogP) is 0.903. The Morgan fingerprint density at radius 3 is 2.29 bits per heavy atom. The van der Waals surface area contributed by atoms with Crippen LogP contribution in [0.3, 0.4) is 0 Å². The Labute approximate surface area is 144 Å². The van der Waals surface area contributed by atoms with E-state index in [9.17, 15) is 15.3 Å². The second-order valence-corrected chi connectivity index (χ2v) is 6.97. The first kappa shape index (κ1) is 19.3. The SMILES string of the molecule is Cc1ccc(CCCCCC[C@@H](O)[C@@H]2N[C@@H](CO)[C@H](O)[C@H]2O)cc1. The molecule has 1 aromatic rings. The molecule has 1 aliphatic heterocycles. The van der Waals surface area contributed by atoms with Gasteiger partial charge in [-0.15, -0.1) is 0 Å². The molecule has 0 unspecified atom stereocenters. The summed E-state index contributed by atoms with van der Waals surface area (Å²) in [6.45, 7) is 1.84. The maximum Gasteiger partial charge on any atom is 0.0993 e. The van der Waals surface area contributed by atoms with Crippen molar-refractivity contribution in [3.8, 4) is 0 Å². The van der Waals surface area contributed by atoms with Gasteiger partial charge in [0.25, 0.3) is 0 Å². The van der Waals surface area contributed by atoms with Gasteiger partial charge in [-0.3, -0.25) is 0 Å². The first-order valence-electron chi connectivity index (χ1n) is 8.99. The van der Waals surface area contributed by atoms with Crippen LogP contribution in [-0.2, 0) is 6.42 Å². The zero-order valence-corrected chi connectivity index (χ0v) is 14.4. The molecule has 24 heavy (non-hydrogen) atoms. The van der Waals surface area contributed by atoms with Crippen molar-refractivity contribution in [3.05, 3.63) is 35.4 Å². The van der Waals surface area contributed by atoms with Crippen molar-refractivity contribution in [3.63, 3.8) is 0 Å². The van der Waals surface area contributed by atoms with Crippen molar-refractivity contribution in [2.45, 2.75) is 75.8 Å². The number of hydrogen-bond acceptors (Lipinski definition) is 5. The average molecular weight is 337 g/mol. The number of aryl methyl sites for hydroxylation is 2. The smallest absolute Gasteiger partial charge is 0.0993 e. The predicted molar refractivity (Wildman–Crippen MR) is 93.8 cm³/mol. The molecule has 0 amide bonds. The van der Waals surface area contributed by atoms with Gasteiger partial charge in [0.15, 0.2) is 0 Å². The summed E-state index contributed by atoms with van der Waals surface area (Å²) >= 11 is 0. The maximum absolute atomic E-state index is 10.2. The van der Waals surface area contributed by atoms with Crippen molar-refractivity contribution < 1.29 is 20.4 Å². The first-order chi connectivity index (χ1) is 11.5. The molecule has 5 N–H and O–H groups in total. The first-order valence-corrected chi connectivity index (χ1v) is 8.99. The van der Waals surface area contributed by atoms with E-state index in [1.807, 2.05) is 0 Å². The van der Waals surface area contributed by atoms with E-state index in [2.05, 4.69) is 36.5 Å². The van der Waals surface area contributed by atoms with Crippen LogP contribution < -0.4 is 5.32 Å². The summed E-state index contributed by atoms with van der Waals surface area (Å²) in [6, 6.07) is 7.50. The molecule has 5 heteroatoms. The van der Waals surface area contributed by atoms with E-state index in [0.29, 0.717) is 6.42 Å². The van der Waals surface area contributed by atoms with E-state index in [1.54, 1.807) is 0 Å². The number of aliphatic hydroxyl groups is 4. The van der Waals surface area contributed by atoms with Crippen LogP contribution >= 0.6 is 0 Å². The van der Waals surface area contributed by atoms with Gasteiger partial charge in [-0.25, -0.2) is 0 Å². The van der Waals surface area contributed by atoms with Gasteiger partial charge in [0, 0.05) is 0 Å². The molecule has 1 fully saturated rings. The van der Waals surface area contributed by atoms with Crippen LogP contribution in [0.4, 0.5) is 0 Å². The quantitative estimate of drug-likeness (QED) is 0.432. The Morgan fingerprint density at radius 2 is 1.67 bits per heavy atom. The second-order valence-electron chi connectivity index (χ2n) is 6.97. The Bertz CT molecular complexity index is 479. The number of nitrogens with one attached hydrogen (secondary N) is 1. The fourth-order valence-corrected chi connectivity index (χ4v) is 3.36. The largest absolute Gasteiger partial charge is 0.395 e. The van der Waals surface area contributed by atoms with E-state index in [-0.39, 0.29) is 6.61 Å². The van der Waals surface area contributed by atoms with Crippen LogP contribution in [0, 0.1) is 6.92 Å². The van der Waals surface area contributed by atoms with E-state index < -0.39 is 30.4 Å².